The van der Waals surface area contributed by atoms with Gasteiger partial charge in [0.15, 0.2) is 0 Å². The first kappa shape index (κ1) is 41.6. The predicted octanol–water partition coefficient (Wildman–Crippen LogP) is 2.73. The maximum absolute atomic E-state index is 13.1. The molecule has 15 nitrogen and oxygen atoms in total. The number of carbonyl (C=O) groups is 6. The van der Waals surface area contributed by atoms with Gasteiger partial charge in [-0.25, -0.2) is 4.79 Å². The zero-order valence-corrected chi connectivity index (χ0v) is 29.4. The van der Waals surface area contributed by atoms with Crippen molar-refractivity contribution < 1.29 is 48.5 Å². The van der Waals surface area contributed by atoms with Crippen LogP contribution in [-0.4, -0.2) is 81.3 Å². The average molecular weight is 680 g/mol. The molecule has 0 spiro atoms. The fourth-order valence-corrected chi connectivity index (χ4v) is 4.29. The van der Waals surface area contributed by atoms with Gasteiger partial charge in [0.05, 0.1) is 11.7 Å². The minimum absolute atomic E-state index is 0.0166. The maximum Gasteiger partial charge on any atom is 0.407 e. The van der Waals surface area contributed by atoms with E-state index in [4.69, 9.17) is 20.3 Å². The van der Waals surface area contributed by atoms with Crippen LogP contribution in [-0.2, 0) is 39.9 Å². The predicted molar refractivity (Wildman–Crippen MR) is 178 cm³/mol. The summed E-state index contributed by atoms with van der Waals surface area (Å²) in [5.74, 6) is -4.22. The number of carboxylic acids is 1. The summed E-state index contributed by atoms with van der Waals surface area (Å²) in [6.07, 6.45) is -0.656. The van der Waals surface area contributed by atoms with E-state index in [-0.39, 0.29) is 43.5 Å². The first-order valence-corrected chi connectivity index (χ1v) is 15.9. The second-order valence-electron chi connectivity index (χ2n) is 14.0. The number of nitrogens with two attached hydrogens (primary N) is 1. The van der Waals surface area contributed by atoms with Crippen LogP contribution in [0.2, 0.25) is 0 Å². The zero-order valence-electron chi connectivity index (χ0n) is 29.4. The van der Waals surface area contributed by atoms with Crippen molar-refractivity contribution in [1.29, 1.82) is 0 Å². The van der Waals surface area contributed by atoms with Crippen LogP contribution in [0.25, 0.3) is 0 Å². The van der Waals surface area contributed by atoms with E-state index < -0.39 is 77.0 Å². The largest absolute Gasteiger partial charge is 0.506 e. The van der Waals surface area contributed by atoms with E-state index in [1.54, 1.807) is 61.5 Å². The molecule has 0 aliphatic heterocycles. The van der Waals surface area contributed by atoms with Crippen LogP contribution in [0.3, 0.4) is 0 Å². The number of aromatic hydroxyl groups is 1. The van der Waals surface area contributed by atoms with Gasteiger partial charge in [-0.2, -0.15) is 0 Å². The standard InChI is InChI=1S/C33H53N5O10/c1-18(2)27(38-29(44)22(34)12-14-25(40)41)30(45)35-19(3)28(43)37-23-17-20(10-13-24(23)39)16-21(36-31(46)48-33(7,8)9)11-15-26(42)47-32(4,5)6/h10,13,17-19,21-22,27,39H,11-12,14-16,34H2,1-9H3,(H,35,45)(H,36,46)(H,37,43)(H,38,44)(H,40,41)/t19-,21+,22+,27-/m0/s1. The Kier molecular flexibility index (Phi) is 15.8. The van der Waals surface area contributed by atoms with Crippen molar-refractivity contribution in [2.24, 2.45) is 11.7 Å². The molecule has 0 radical (unpaired) electrons. The number of ether oxygens (including phenoxy) is 2. The molecule has 4 atom stereocenters. The van der Waals surface area contributed by atoms with Gasteiger partial charge < -0.3 is 46.7 Å². The monoisotopic (exact) mass is 679 g/mol. The highest BCUT2D eigenvalue weighted by Crippen LogP contribution is 2.26. The van der Waals surface area contributed by atoms with Crippen molar-refractivity contribution in [3.8, 4) is 5.75 Å². The summed E-state index contributed by atoms with van der Waals surface area (Å²) >= 11 is 0. The second kappa shape index (κ2) is 18.2. The highest BCUT2D eigenvalue weighted by Gasteiger charge is 2.29. The number of rotatable bonds is 16. The Morgan fingerprint density at radius 1 is 0.812 bits per heavy atom. The Morgan fingerprint density at radius 3 is 1.96 bits per heavy atom. The molecule has 4 amide bonds. The molecule has 0 heterocycles. The van der Waals surface area contributed by atoms with E-state index >= 15 is 0 Å². The van der Waals surface area contributed by atoms with Gasteiger partial charge in [0.2, 0.25) is 17.7 Å². The molecule has 0 bridgehead atoms. The van der Waals surface area contributed by atoms with Gasteiger partial charge in [-0.05, 0) is 91.3 Å². The number of carbonyl (C=O) groups excluding carboxylic acids is 5. The van der Waals surface area contributed by atoms with Gasteiger partial charge in [-0.3, -0.25) is 24.0 Å². The summed E-state index contributed by atoms with van der Waals surface area (Å²) in [5.41, 5.74) is 4.98. The summed E-state index contributed by atoms with van der Waals surface area (Å²) < 4.78 is 10.8. The zero-order chi connectivity index (χ0) is 37.0. The number of phenols is 1. The second-order valence-corrected chi connectivity index (χ2v) is 14.0. The third-order valence-electron chi connectivity index (χ3n) is 6.64. The molecule has 8 N–H and O–H groups in total. The average Bonchev–Trinajstić information content (AvgIpc) is 2.92. The van der Waals surface area contributed by atoms with Crippen molar-refractivity contribution in [2.75, 3.05) is 5.32 Å². The molecule has 15 heteroatoms. The fraction of sp³-hybridized carbons (Fsp3) is 0.636. The lowest BCUT2D eigenvalue weighted by Crippen LogP contribution is -2.56. The number of carboxylic acid groups (broad SMARTS) is 1. The van der Waals surface area contributed by atoms with Crippen LogP contribution < -0.4 is 27.0 Å². The number of nitrogens with one attached hydrogen (secondary N) is 4. The molecule has 270 valence electrons. The molecule has 0 aliphatic carbocycles. The number of hydrogen-bond donors (Lipinski definition) is 7. The Labute approximate surface area is 282 Å². The lowest BCUT2D eigenvalue weighted by Gasteiger charge is -2.25. The minimum Gasteiger partial charge on any atom is -0.506 e. The Balaban J connectivity index is 3.02. The van der Waals surface area contributed by atoms with Crippen molar-refractivity contribution in [1.82, 2.24) is 16.0 Å². The summed E-state index contributed by atoms with van der Waals surface area (Å²) in [6.45, 7) is 15.2. The van der Waals surface area contributed by atoms with Crippen LogP contribution in [0, 0.1) is 5.92 Å². The Hall–Kier alpha value is -4.40. The molecule has 0 fully saturated rings. The van der Waals surface area contributed by atoms with Crippen molar-refractivity contribution in [3.05, 3.63) is 23.8 Å². The quantitative estimate of drug-likeness (QED) is 0.0991. The fourth-order valence-electron chi connectivity index (χ4n) is 4.29. The molecule has 0 unspecified atom stereocenters. The van der Waals surface area contributed by atoms with Crippen LogP contribution in [0.5, 0.6) is 5.75 Å². The third-order valence-corrected chi connectivity index (χ3v) is 6.64. The topological polar surface area (TPSA) is 235 Å². The number of hydrogen-bond acceptors (Lipinski definition) is 10. The van der Waals surface area contributed by atoms with Crippen molar-refractivity contribution in [2.45, 2.75) is 130 Å². The lowest BCUT2D eigenvalue weighted by molar-refractivity contribution is -0.155. The lowest BCUT2D eigenvalue weighted by atomic mass is 10.0. The summed E-state index contributed by atoms with van der Waals surface area (Å²) in [6, 6.07) is 0.607. The molecule has 0 saturated carbocycles. The van der Waals surface area contributed by atoms with E-state index in [0.29, 0.717) is 5.56 Å². The number of esters is 1. The van der Waals surface area contributed by atoms with E-state index in [1.165, 1.54) is 19.1 Å². The van der Waals surface area contributed by atoms with E-state index in [9.17, 15) is 33.9 Å². The van der Waals surface area contributed by atoms with Gasteiger partial charge in [-0.1, -0.05) is 19.9 Å². The van der Waals surface area contributed by atoms with Crippen LogP contribution >= 0.6 is 0 Å². The molecule has 0 aliphatic rings. The van der Waals surface area contributed by atoms with E-state index in [2.05, 4.69) is 21.3 Å². The molecular weight excluding hydrogens is 626 g/mol. The van der Waals surface area contributed by atoms with Crippen LogP contribution in [0.1, 0.15) is 93.6 Å². The van der Waals surface area contributed by atoms with Crippen molar-refractivity contribution in [3.63, 3.8) is 0 Å². The van der Waals surface area contributed by atoms with Gasteiger partial charge in [0.25, 0.3) is 0 Å². The molecule has 0 aromatic heterocycles. The SMILES string of the molecule is CC(C)[C@H](NC(=O)[C@H](N)CCC(=O)O)C(=O)N[C@@H](C)C(=O)Nc1cc(C[C@@H](CCC(=O)OC(C)(C)C)NC(=O)OC(C)(C)C)ccc1O. The summed E-state index contributed by atoms with van der Waals surface area (Å²) in [7, 11) is 0. The highest BCUT2D eigenvalue weighted by atomic mass is 16.6. The normalized spacial score (nSPS) is 14.1. The van der Waals surface area contributed by atoms with Gasteiger partial charge in [0, 0.05) is 18.9 Å². The van der Waals surface area contributed by atoms with E-state index in [0.717, 1.165) is 0 Å². The summed E-state index contributed by atoms with van der Waals surface area (Å²) in [4.78, 5) is 74.3. The first-order chi connectivity index (χ1) is 22.0. The van der Waals surface area contributed by atoms with Crippen molar-refractivity contribution >= 4 is 41.4 Å². The minimum atomic E-state index is -1.14. The maximum atomic E-state index is 13.1. The summed E-state index contributed by atoms with van der Waals surface area (Å²) in [5, 5.41) is 29.7. The smallest absolute Gasteiger partial charge is 0.407 e. The number of aliphatic carboxylic acids is 1. The van der Waals surface area contributed by atoms with Gasteiger partial charge >= 0.3 is 18.0 Å². The number of alkyl carbamates (subject to hydrolysis) is 1. The van der Waals surface area contributed by atoms with E-state index in [1.807, 2.05) is 0 Å². The number of amides is 4. The molecular formula is C33H53N5O10. The Bertz CT molecular complexity index is 1300. The number of anilines is 1. The van der Waals surface area contributed by atoms with Crippen LogP contribution in [0.4, 0.5) is 10.5 Å². The number of benzene rings is 1. The molecule has 0 saturated heterocycles. The molecule has 1 aromatic carbocycles. The van der Waals surface area contributed by atoms with Gasteiger partial charge in [-0.15, -0.1) is 0 Å². The molecule has 1 rings (SSSR count). The first-order valence-electron chi connectivity index (χ1n) is 15.9. The van der Waals surface area contributed by atoms with Crippen LogP contribution in [0.15, 0.2) is 18.2 Å². The third kappa shape index (κ3) is 16.4. The number of phenolic OH excluding ortho intramolecular Hbond substituents is 1. The Morgan fingerprint density at radius 2 is 1.42 bits per heavy atom. The molecule has 1 aromatic rings. The highest BCUT2D eigenvalue weighted by molar-refractivity contribution is 5.99. The van der Waals surface area contributed by atoms with Gasteiger partial charge in [0.1, 0.15) is 29.0 Å². The molecule has 48 heavy (non-hydrogen) atoms.